The number of halogens is 1. The highest BCUT2D eigenvalue weighted by Crippen LogP contribution is 2.42. The quantitative estimate of drug-likeness (QED) is 0.741. The van der Waals surface area contributed by atoms with Gasteiger partial charge in [0, 0.05) is 25.7 Å². The number of fused-ring (bicyclic) bond motifs is 1. The van der Waals surface area contributed by atoms with E-state index in [0.29, 0.717) is 6.54 Å². The summed E-state index contributed by atoms with van der Waals surface area (Å²) in [5.74, 6) is -0.0786. The molecule has 3 rings (SSSR count). The zero-order valence-corrected chi connectivity index (χ0v) is 18.1. The lowest BCUT2D eigenvalue weighted by molar-refractivity contribution is -0.144. The molecule has 2 aliphatic heterocycles. The highest BCUT2D eigenvalue weighted by Gasteiger charge is 2.51. The van der Waals surface area contributed by atoms with Crippen LogP contribution >= 0.6 is 0 Å². The van der Waals surface area contributed by atoms with E-state index in [1.807, 2.05) is 0 Å². The molecule has 0 aromatic heterocycles. The Morgan fingerprint density at radius 1 is 1.34 bits per heavy atom. The molecule has 2 saturated heterocycles. The van der Waals surface area contributed by atoms with E-state index in [1.54, 1.807) is 12.1 Å². The van der Waals surface area contributed by atoms with E-state index in [4.69, 9.17) is 4.74 Å². The molecule has 2 aliphatic rings. The Morgan fingerprint density at radius 3 is 2.83 bits per heavy atom. The second-order valence-corrected chi connectivity index (χ2v) is 8.72. The summed E-state index contributed by atoms with van der Waals surface area (Å²) in [6, 6.07) is 5.05. The number of nitrogens with zero attached hydrogens (tertiary/aromatic N) is 2. The molecule has 2 fully saturated rings. The number of nitrogens with one attached hydrogen (secondary N) is 1. The van der Waals surface area contributed by atoms with Gasteiger partial charge >= 0.3 is 0 Å². The number of piperidine rings is 2. The number of carbonyl (C=O) groups excluding carboxylic acids is 1. The summed E-state index contributed by atoms with van der Waals surface area (Å²) in [7, 11) is 3.58. The van der Waals surface area contributed by atoms with Crippen molar-refractivity contribution >= 4 is 5.91 Å². The smallest absolute Gasteiger partial charge is 0.228 e. The Labute approximate surface area is 173 Å². The molecule has 1 aromatic carbocycles. The number of likely N-dealkylation sites (N-methyl/N-ethyl adjacent to an activating group) is 1. The van der Waals surface area contributed by atoms with E-state index in [1.165, 1.54) is 18.7 Å². The fraction of sp³-hybridized carbons (Fsp3) is 0.609. The van der Waals surface area contributed by atoms with Crippen molar-refractivity contribution < 1.29 is 13.9 Å². The Kier molecular flexibility index (Phi) is 6.96. The SMILES string of the molecule is COc1ccc(CNC(=O)[C@@]23CCCN(CC=C(C)C)[C@H]2CN(C)CC3)cc1F. The van der Waals surface area contributed by atoms with Crippen LogP contribution in [0.2, 0.25) is 0 Å². The minimum absolute atomic E-state index is 0.105. The van der Waals surface area contributed by atoms with Gasteiger partial charge in [0.1, 0.15) is 0 Å². The van der Waals surface area contributed by atoms with Crippen LogP contribution < -0.4 is 10.1 Å². The van der Waals surface area contributed by atoms with Crippen LogP contribution in [0.5, 0.6) is 5.75 Å². The van der Waals surface area contributed by atoms with Crippen molar-refractivity contribution in [2.45, 2.75) is 45.7 Å². The molecule has 0 radical (unpaired) electrons. The van der Waals surface area contributed by atoms with Crippen LogP contribution in [0.4, 0.5) is 4.39 Å². The lowest BCUT2D eigenvalue weighted by Gasteiger charge is -2.53. The fourth-order valence-corrected chi connectivity index (χ4v) is 4.70. The van der Waals surface area contributed by atoms with Crippen molar-refractivity contribution in [1.29, 1.82) is 0 Å². The predicted molar refractivity (Wildman–Crippen MR) is 113 cm³/mol. The van der Waals surface area contributed by atoms with Gasteiger partial charge in [-0.3, -0.25) is 9.69 Å². The number of carbonyl (C=O) groups is 1. The molecule has 0 saturated carbocycles. The molecule has 0 unspecified atom stereocenters. The maximum absolute atomic E-state index is 14.0. The third-order valence-electron chi connectivity index (χ3n) is 6.43. The molecule has 0 aliphatic carbocycles. The lowest BCUT2D eigenvalue weighted by Crippen LogP contribution is -2.65. The lowest BCUT2D eigenvalue weighted by atomic mass is 9.67. The van der Waals surface area contributed by atoms with E-state index < -0.39 is 5.82 Å². The molecular formula is C23H34FN3O2. The summed E-state index contributed by atoms with van der Waals surface area (Å²) < 4.78 is 19.0. The summed E-state index contributed by atoms with van der Waals surface area (Å²) in [6.07, 6.45) is 5.06. The van der Waals surface area contributed by atoms with Crippen LogP contribution in [0.3, 0.4) is 0 Å². The van der Waals surface area contributed by atoms with Gasteiger partial charge in [-0.2, -0.15) is 0 Å². The second-order valence-electron chi connectivity index (χ2n) is 8.72. The number of benzene rings is 1. The number of hydrogen-bond donors (Lipinski definition) is 1. The predicted octanol–water partition coefficient (Wildman–Crippen LogP) is 3.20. The van der Waals surface area contributed by atoms with Crippen LogP contribution in [0.25, 0.3) is 0 Å². The monoisotopic (exact) mass is 403 g/mol. The molecule has 6 heteroatoms. The van der Waals surface area contributed by atoms with Gasteiger partial charge in [-0.15, -0.1) is 0 Å². The van der Waals surface area contributed by atoms with E-state index in [9.17, 15) is 9.18 Å². The van der Waals surface area contributed by atoms with Crippen LogP contribution in [-0.2, 0) is 11.3 Å². The summed E-state index contributed by atoms with van der Waals surface area (Å²) in [4.78, 5) is 18.2. The fourth-order valence-electron chi connectivity index (χ4n) is 4.70. The first-order valence-corrected chi connectivity index (χ1v) is 10.5. The molecule has 0 bridgehead atoms. The molecule has 2 atom stereocenters. The third-order valence-corrected chi connectivity index (χ3v) is 6.43. The average Bonchev–Trinajstić information content (AvgIpc) is 2.70. The van der Waals surface area contributed by atoms with Crippen LogP contribution in [0.1, 0.15) is 38.7 Å². The Bertz CT molecular complexity index is 762. The first-order chi connectivity index (χ1) is 13.9. The maximum Gasteiger partial charge on any atom is 0.228 e. The molecule has 29 heavy (non-hydrogen) atoms. The summed E-state index contributed by atoms with van der Waals surface area (Å²) in [5, 5.41) is 3.12. The zero-order chi connectivity index (χ0) is 21.0. The second kappa shape index (κ2) is 9.26. The largest absolute Gasteiger partial charge is 0.494 e. The van der Waals surface area contributed by atoms with Crippen LogP contribution in [0, 0.1) is 11.2 Å². The topological polar surface area (TPSA) is 44.8 Å². The van der Waals surface area contributed by atoms with Gasteiger partial charge in [0.15, 0.2) is 11.6 Å². The van der Waals surface area contributed by atoms with Gasteiger partial charge in [-0.05, 0) is 70.9 Å². The standard InChI is InChI=1S/C23H34FN3O2/c1-17(2)8-12-27-11-5-9-23(10-13-26(3)16-21(23)27)22(28)25-15-18-6-7-20(29-4)19(24)14-18/h6-8,14,21H,5,9-13,15-16H2,1-4H3,(H,25,28)/t21-,23+/m0/s1. The van der Waals surface area contributed by atoms with Crippen molar-refractivity contribution in [3.05, 3.63) is 41.2 Å². The summed E-state index contributed by atoms with van der Waals surface area (Å²) in [6.45, 7) is 8.31. The number of amides is 1. The van der Waals surface area contributed by atoms with E-state index in [0.717, 1.165) is 51.0 Å². The zero-order valence-electron chi connectivity index (χ0n) is 18.1. The minimum atomic E-state index is -0.403. The van der Waals surface area contributed by atoms with Gasteiger partial charge in [-0.1, -0.05) is 17.7 Å². The van der Waals surface area contributed by atoms with E-state index >= 15 is 0 Å². The third kappa shape index (κ3) is 4.81. The minimum Gasteiger partial charge on any atom is -0.494 e. The number of hydrogen-bond acceptors (Lipinski definition) is 4. The number of rotatable bonds is 6. The molecule has 5 nitrogen and oxygen atoms in total. The molecular weight excluding hydrogens is 369 g/mol. The normalized spacial score (nSPS) is 25.2. The van der Waals surface area contributed by atoms with Crippen molar-refractivity contribution in [2.75, 3.05) is 40.3 Å². The van der Waals surface area contributed by atoms with Crippen molar-refractivity contribution in [2.24, 2.45) is 5.41 Å². The maximum atomic E-state index is 14.0. The average molecular weight is 404 g/mol. The van der Waals surface area contributed by atoms with Gasteiger partial charge < -0.3 is 15.0 Å². The molecule has 0 spiro atoms. The van der Waals surface area contributed by atoms with Crippen molar-refractivity contribution in [3.63, 3.8) is 0 Å². The Morgan fingerprint density at radius 2 is 2.14 bits per heavy atom. The molecule has 1 amide bonds. The summed E-state index contributed by atoms with van der Waals surface area (Å²) >= 11 is 0. The van der Waals surface area contributed by atoms with Gasteiger partial charge in [0.05, 0.1) is 12.5 Å². The van der Waals surface area contributed by atoms with Gasteiger partial charge in [0.2, 0.25) is 5.91 Å². The van der Waals surface area contributed by atoms with Gasteiger partial charge in [0.25, 0.3) is 0 Å². The molecule has 1 N–H and O–H groups in total. The first-order valence-electron chi connectivity index (χ1n) is 10.5. The van der Waals surface area contributed by atoms with E-state index in [2.05, 4.69) is 42.1 Å². The highest BCUT2D eigenvalue weighted by atomic mass is 19.1. The number of ether oxygens (including phenoxy) is 1. The first kappa shape index (κ1) is 21.8. The molecule has 1 aromatic rings. The number of allylic oxidation sites excluding steroid dienone is 1. The summed E-state index contributed by atoms with van der Waals surface area (Å²) in [5.41, 5.74) is 1.68. The van der Waals surface area contributed by atoms with Gasteiger partial charge in [-0.25, -0.2) is 4.39 Å². The molecule has 2 heterocycles. The Balaban J connectivity index is 1.75. The van der Waals surface area contributed by atoms with Crippen LogP contribution in [-0.4, -0.2) is 62.1 Å². The molecule has 160 valence electrons. The Hall–Kier alpha value is -1.92. The van der Waals surface area contributed by atoms with Crippen molar-refractivity contribution in [1.82, 2.24) is 15.1 Å². The number of likely N-dealkylation sites (tertiary alicyclic amines) is 2. The highest BCUT2D eigenvalue weighted by molar-refractivity contribution is 5.84. The van der Waals surface area contributed by atoms with Crippen molar-refractivity contribution in [3.8, 4) is 5.75 Å². The van der Waals surface area contributed by atoms with Crippen LogP contribution in [0.15, 0.2) is 29.8 Å². The number of methoxy groups -OCH3 is 1. The van der Waals surface area contributed by atoms with E-state index in [-0.39, 0.29) is 23.1 Å².